The zero-order valence-electron chi connectivity index (χ0n) is 32.8. The average Bonchev–Trinajstić information content (AvgIpc) is 3.15. The quantitative estimate of drug-likeness (QED) is 0.0350. The van der Waals surface area contributed by atoms with Crippen LogP contribution in [0.2, 0.25) is 0 Å². The van der Waals surface area contributed by atoms with Crippen LogP contribution in [0.3, 0.4) is 0 Å². The first-order chi connectivity index (χ1) is 27.0. The van der Waals surface area contributed by atoms with Crippen LogP contribution in [-0.4, -0.2) is 144 Å². The highest BCUT2D eigenvalue weighted by atomic mass is 32.2. The third-order valence-corrected chi connectivity index (χ3v) is 12.2. The Hall–Kier alpha value is -3.34. The molecule has 2 aromatic carbocycles. The molecule has 0 heterocycles. The highest BCUT2D eigenvalue weighted by Crippen LogP contribution is 2.41. The lowest BCUT2D eigenvalue weighted by molar-refractivity contribution is -0.141. The average molecular weight is 853 g/mol. The van der Waals surface area contributed by atoms with Crippen molar-refractivity contribution in [1.82, 2.24) is 0 Å². The lowest BCUT2D eigenvalue weighted by atomic mass is 9.66. The minimum Gasteiger partial charge on any atom is -0.465 e. The van der Waals surface area contributed by atoms with Gasteiger partial charge in [-0.25, -0.2) is 0 Å². The van der Waals surface area contributed by atoms with E-state index in [0.29, 0.717) is 26.4 Å². The SMILES string of the molecule is CC(=O)OCCSCCN(CCSCCOC(C)=O)c1ccc(C2C(=[OH+])C(c3ccc(N(CCSCCOC(C)=O)CCSCCOC(C)=O)cc3)C2=[OH+])cc1. The molecule has 0 radical (unpaired) electrons. The zero-order valence-corrected chi connectivity index (χ0v) is 36.0. The molecule has 56 heavy (non-hydrogen) atoms. The smallest absolute Gasteiger partial charge is 0.334 e. The molecule has 0 aromatic heterocycles. The van der Waals surface area contributed by atoms with Gasteiger partial charge in [-0.05, 0) is 35.4 Å². The van der Waals surface area contributed by atoms with Crippen molar-refractivity contribution in [1.29, 1.82) is 0 Å². The summed E-state index contributed by atoms with van der Waals surface area (Å²) in [5.41, 5.74) is 3.67. The summed E-state index contributed by atoms with van der Waals surface area (Å²) in [5.74, 6) is 4.41. The van der Waals surface area contributed by atoms with Gasteiger partial charge in [-0.2, -0.15) is 47.0 Å². The van der Waals surface area contributed by atoms with Crippen LogP contribution in [0, 0.1) is 0 Å². The van der Waals surface area contributed by atoms with Gasteiger partial charge in [0.25, 0.3) is 0 Å². The molecular formula is C40H56N2O10S4+2. The number of carbonyl (C=O) groups is 4. The van der Waals surface area contributed by atoms with E-state index in [9.17, 15) is 28.8 Å². The van der Waals surface area contributed by atoms with Crippen LogP contribution in [-0.2, 0) is 38.1 Å². The molecule has 1 saturated carbocycles. The molecule has 1 aliphatic carbocycles. The molecule has 0 unspecified atom stereocenters. The van der Waals surface area contributed by atoms with E-state index in [4.69, 9.17) is 18.9 Å². The standard InChI is InChI=1S/C40H54N2O10S4/c1-29(43)49-17-25-53-21-13-41(14-22-54-26-18-50-30(2)44)35-9-5-33(6-10-35)37-39(47)38(40(37)48)34-7-11-36(12-8-34)42(15-23-55-27-19-51-31(3)45)16-24-56-28-20-52-32(4)46/h5-12,37-38H,13-28H2,1-4H3/p+2. The van der Waals surface area contributed by atoms with Crippen LogP contribution < -0.4 is 9.80 Å². The van der Waals surface area contributed by atoms with E-state index in [-0.39, 0.29) is 35.4 Å². The number of ketones is 2. The van der Waals surface area contributed by atoms with Gasteiger partial charge in [-0.1, -0.05) is 24.3 Å². The molecule has 2 aromatic rings. The zero-order chi connectivity index (χ0) is 40.7. The minimum absolute atomic E-state index is 0.207. The van der Waals surface area contributed by atoms with Gasteiger partial charge in [0.1, 0.15) is 26.4 Å². The van der Waals surface area contributed by atoms with Gasteiger partial charge < -0.3 is 28.7 Å². The molecule has 3 rings (SSSR count). The number of hydrogen-bond acceptors (Lipinski definition) is 14. The molecule has 0 spiro atoms. The Kier molecular flexibility index (Phi) is 22.3. The summed E-state index contributed by atoms with van der Waals surface area (Å²) in [6.45, 7) is 10.3. The lowest BCUT2D eigenvalue weighted by Crippen LogP contribution is -2.45. The summed E-state index contributed by atoms with van der Waals surface area (Å²) >= 11 is 6.86. The molecule has 1 aliphatic rings. The number of anilines is 2. The van der Waals surface area contributed by atoms with Crippen molar-refractivity contribution in [3.05, 3.63) is 59.7 Å². The van der Waals surface area contributed by atoms with Crippen molar-refractivity contribution in [3.8, 4) is 0 Å². The molecule has 0 bridgehead atoms. The Morgan fingerprint density at radius 2 is 0.714 bits per heavy atom. The second-order valence-electron chi connectivity index (χ2n) is 12.7. The van der Waals surface area contributed by atoms with E-state index >= 15 is 0 Å². The Bertz CT molecular complexity index is 1380. The highest BCUT2D eigenvalue weighted by molar-refractivity contribution is 8.00. The Morgan fingerprint density at radius 1 is 0.464 bits per heavy atom. The van der Waals surface area contributed by atoms with Gasteiger partial charge in [-0.3, -0.25) is 28.8 Å². The molecule has 0 saturated heterocycles. The fourth-order valence-corrected chi connectivity index (χ4v) is 8.82. The van der Waals surface area contributed by atoms with Crippen molar-refractivity contribution in [2.75, 3.05) is 108 Å². The monoisotopic (exact) mass is 852 g/mol. The van der Waals surface area contributed by atoms with Gasteiger partial charge in [0.15, 0.2) is 0 Å². The number of ether oxygens (including phenoxy) is 4. The van der Waals surface area contributed by atoms with E-state index in [0.717, 1.165) is 94.7 Å². The summed E-state index contributed by atoms with van der Waals surface area (Å²) in [5, 5.41) is 0. The van der Waals surface area contributed by atoms with Gasteiger partial charge in [0.2, 0.25) is 11.8 Å². The summed E-state index contributed by atoms with van der Waals surface area (Å²) in [4.78, 5) is 71.4. The first-order valence-electron chi connectivity index (χ1n) is 18.6. The molecule has 0 atom stereocenters. The Balaban J connectivity index is 1.60. The second-order valence-corrected chi connectivity index (χ2v) is 17.6. The number of hydrogen-bond donors (Lipinski definition) is 0. The second kappa shape index (κ2) is 26.6. The van der Waals surface area contributed by atoms with Crippen molar-refractivity contribution in [3.63, 3.8) is 0 Å². The number of benzene rings is 2. The summed E-state index contributed by atoms with van der Waals surface area (Å²) in [6.07, 6.45) is 0. The van der Waals surface area contributed by atoms with Crippen molar-refractivity contribution in [2.24, 2.45) is 0 Å². The number of esters is 4. The topological polar surface area (TPSA) is 154 Å². The normalized spacial score (nSPS) is 14.8. The van der Waals surface area contributed by atoms with Gasteiger partial charge >= 0.3 is 35.4 Å². The number of nitrogens with zero attached hydrogens (tertiary/aromatic N) is 2. The molecule has 16 heteroatoms. The molecule has 0 amide bonds. The Morgan fingerprint density at radius 3 is 0.946 bits per heavy atom. The molecular weight excluding hydrogens is 797 g/mol. The van der Waals surface area contributed by atoms with Crippen LogP contribution >= 0.6 is 47.0 Å². The maximum Gasteiger partial charge on any atom is 0.334 e. The maximum absolute atomic E-state index is 11.3. The first kappa shape index (κ1) is 47.0. The fraction of sp³-hybridized carbons (Fsp3) is 0.550. The summed E-state index contributed by atoms with van der Waals surface area (Å²) < 4.78 is 20.2. The van der Waals surface area contributed by atoms with Crippen molar-refractivity contribution < 1.29 is 47.7 Å². The van der Waals surface area contributed by atoms with E-state index in [1.807, 2.05) is 48.5 Å². The van der Waals surface area contributed by atoms with E-state index in [1.54, 1.807) is 47.0 Å². The molecule has 308 valence electrons. The molecule has 1 fully saturated rings. The van der Waals surface area contributed by atoms with Crippen molar-refractivity contribution >= 4 is 93.9 Å². The van der Waals surface area contributed by atoms with E-state index in [1.165, 1.54) is 27.7 Å². The molecule has 0 aliphatic heterocycles. The third-order valence-electron chi connectivity index (χ3n) is 8.52. The van der Waals surface area contributed by atoms with Crippen LogP contribution in [0.15, 0.2) is 48.5 Å². The van der Waals surface area contributed by atoms with Gasteiger partial charge in [-0.15, -0.1) is 0 Å². The van der Waals surface area contributed by atoms with Crippen LogP contribution in [0.1, 0.15) is 50.7 Å². The first-order valence-corrected chi connectivity index (χ1v) is 23.3. The van der Waals surface area contributed by atoms with Gasteiger partial charge in [0, 0.05) is 111 Å². The number of carbonyl (C=O) groups excluding carboxylic acids is 6. The summed E-state index contributed by atoms with van der Waals surface area (Å²) in [7, 11) is 0. The van der Waals surface area contributed by atoms with Crippen LogP contribution in [0.4, 0.5) is 11.4 Å². The van der Waals surface area contributed by atoms with Gasteiger partial charge in [0.05, 0.1) is 0 Å². The molecule has 12 nitrogen and oxygen atoms in total. The lowest BCUT2D eigenvalue weighted by Gasteiger charge is -2.27. The highest BCUT2D eigenvalue weighted by Gasteiger charge is 2.61. The predicted molar refractivity (Wildman–Crippen MR) is 233 cm³/mol. The number of rotatable bonds is 28. The van der Waals surface area contributed by atoms with E-state index < -0.39 is 11.8 Å². The number of thioether (sulfide) groups is 4. The van der Waals surface area contributed by atoms with Crippen LogP contribution in [0.5, 0.6) is 0 Å². The largest absolute Gasteiger partial charge is 0.465 e. The predicted octanol–water partition coefficient (Wildman–Crippen LogP) is 5.46. The minimum atomic E-state index is -0.569. The van der Waals surface area contributed by atoms with Crippen LogP contribution in [0.25, 0.3) is 0 Å². The summed E-state index contributed by atoms with van der Waals surface area (Å²) in [6, 6.07) is 15.9. The van der Waals surface area contributed by atoms with E-state index in [2.05, 4.69) is 9.80 Å². The Labute approximate surface area is 347 Å². The maximum atomic E-state index is 11.3. The van der Waals surface area contributed by atoms with Crippen molar-refractivity contribution in [2.45, 2.75) is 39.5 Å². The fourth-order valence-electron chi connectivity index (χ4n) is 5.80. The third kappa shape index (κ3) is 17.4. The molecule has 2 N–H and O–H groups in total.